The van der Waals surface area contributed by atoms with Crippen LogP contribution in [0.3, 0.4) is 0 Å². The topological polar surface area (TPSA) is 75.9 Å². The molecule has 1 aromatic rings. The lowest BCUT2D eigenvalue weighted by molar-refractivity contribution is 0.389. The molecule has 0 saturated carbocycles. The van der Waals surface area contributed by atoms with Gasteiger partial charge in [0.1, 0.15) is 5.82 Å². The lowest BCUT2D eigenvalue weighted by Crippen LogP contribution is -2.15. The van der Waals surface area contributed by atoms with Gasteiger partial charge < -0.3 is 5.32 Å². The van der Waals surface area contributed by atoms with Crippen LogP contribution in [0.2, 0.25) is 0 Å². The van der Waals surface area contributed by atoms with Crippen LogP contribution in [0.5, 0.6) is 0 Å². The Balaban J connectivity index is 2.59. The number of nitrogens with zero attached hydrogens (tertiary/aromatic N) is 2. The minimum atomic E-state index is 0.307. The van der Waals surface area contributed by atoms with Gasteiger partial charge in [0, 0.05) is 12.7 Å². The molecule has 0 bridgehead atoms. The van der Waals surface area contributed by atoms with Crippen LogP contribution in [0.25, 0.3) is 0 Å². The molecular formula is C10H18BrN5. The van der Waals surface area contributed by atoms with E-state index in [1.54, 1.807) is 6.20 Å². The van der Waals surface area contributed by atoms with E-state index in [-0.39, 0.29) is 0 Å². The highest BCUT2D eigenvalue weighted by atomic mass is 79.9. The van der Waals surface area contributed by atoms with Crippen molar-refractivity contribution < 1.29 is 0 Å². The Morgan fingerprint density at radius 1 is 1.44 bits per heavy atom. The second kappa shape index (κ2) is 5.45. The third-order valence-corrected chi connectivity index (χ3v) is 2.62. The number of nitrogens with one attached hydrogen (secondary N) is 2. The molecule has 0 unspecified atom stereocenters. The molecule has 0 aliphatic heterocycles. The summed E-state index contributed by atoms with van der Waals surface area (Å²) in [7, 11) is 0. The number of rotatable bonds is 4. The van der Waals surface area contributed by atoms with Crippen LogP contribution >= 0.6 is 15.9 Å². The van der Waals surface area contributed by atoms with Gasteiger partial charge in [-0.1, -0.05) is 20.8 Å². The van der Waals surface area contributed by atoms with Gasteiger partial charge in [0.15, 0.2) is 0 Å². The fourth-order valence-corrected chi connectivity index (χ4v) is 1.45. The largest absolute Gasteiger partial charge is 0.369 e. The first kappa shape index (κ1) is 13.2. The van der Waals surface area contributed by atoms with Crippen LogP contribution in [0.15, 0.2) is 10.7 Å². The van der Waals surface area contributed by atoms with Crippen LogP contribution in [-0.4, -0.2) is 16.5 Å². The molecule has 1 aromatic heterocycles. The highest BCUT2D eigenvalue weighted by molar-refractivity contribution is 9.10. The molecule has 90 valence electrons. The fourth-order valence-electron chi connectivity index (χ4n) is 1.12. The highest BCUT2D eigenvalue weighted by Crippen LogP contribution is 2.22. The van der Waals surface area contributed by atoms with Crippen LogP contribution in [0.4, 0.5) is 11.8 Å². The molecule has 16 heavy (non-hydrogen) atoms. The molecule has 0 saturated heterocycles. The summed E-state index contributed by atoms with van der Waals surface area (Å²) in [6, 6.07) is 0. The van der Waals surface area contributed by atoms with Gasteiger partial charge in [-0.15, -0.1) is 0 Å². The zero-order chi connectivity index (χ0) is 12.2. The zero-order valence-corrected chi connectivity index (χ0v) is 11.4. The summed E-state index contributed by atoms with van der Waals surface area (Å²) in [5.74, 6) is 6.41. The molecule has 1 rings (SSSR count). The molecule has 0 atom stereocenters. The van der Waals surface area contributed by atoms with Crippen molar-refractivity contribution in [1.29, 1.82) is 0 Å². The number of halogens is 1. The number of hydrogen-bond donors (Lipinski definition) is 3. The van der Waals surface area contributed by atoms with Crippen LogP contribution in [-0.2, 0) is 0 Å². The van der Waals surface area contributed by atoms with E-state index in [0.29, 0.717) is 11.4 Å². The van der Waals surface area contributed by atoms with Gasteiger partial charge in [-0.2, -0.15) is 4.98 Å². The van der Waals surface area contributed by atoms with Gasteiger partial charge in [-0.3, -0.25) is 5.43 Å². The third kappa shape index (κ3) is 4.32. The second-order valence-corrected chi connectivity index (χ2v) is 5.63. The Bertz CT molecular complexity index is 348. The van der Waals surface area contributed by atoms with Crippen molar-refractivity contribution in [2.75, 3.05) is 17.3 Å². The molecule has 6 heteroatoms. The second-order valence-electron chi connectivity index (χ2n) is 4.77. The number of nitrogens with two attached hydrogens (primary N) is 1. The van der Waals surface area contributed by atoms with Crippen molar-refractivity contribution >= 4 is 27.7 Å². The number of nitrogen functional groups attached to an aromatic ring is 1. The summed E-state index contributed by atoms with van der Waals surface area (Å²) in [5.41, 5.74) is 2.73. The molecule has 5 nitrogen and oxygen atoms in total. The highest BCUT2D eigenvalue weighted by Gasteiger charge is 2.10. The van der Waals surface area contributed by atoms with E-state index in [1.807, 2.05) is 0 Å². The molecule has 0 spiro atoms. The maximum Gasteiger partial charge on any atom is 0.239 e. The van der Waals surface area contributed by atoms with E-state index in [0.717, 1.165) is 23.3 Å². The van der Waals surface area contributed by atoms with Crippen molar-refractivity contribution in [3.05, 3.63) is 10.7 Å². The predicted octanol–water partition coefficient (Wildman–Crippen LogP) is 2.37. The summed E-state index contributed by atoms with van der Waals surface area (Å²) < 4.78 is 0.834. The number of anilines is 2. The van der Waals surface area contributed by atoms with Gasteiger partial charge >= 0.3 is 0 Å². The lowest BCUT2D eigenvalue weighted by atomic mass is 9.92. The van der Waals surface area contributed by atoms with E-state index < -0.39 is 0 Å². The normalized spacial score (nSPS) is 11.3. The summed E-state index contributed by atoms with van der Waals surface area (Å²) in [6.07, 6.45) is 2.73. The van der Waals surface area contributed by atoms with Crippen molar-refractivity contribution in [1.82, 2.24) is 9.97 Å². The average molecular weight is 288 g/mol. The molecule has 0 radical (unpaired) electrons. The molecule has 0 aliphatic carbocycles. The zero-order valence-electron chi connectivity index (χ0n) is 9.84. The Labute approximate surface area is 104 Å². The fraction of sp³-hybridized carbons (Fsp3) is 0.600. The van der Waals surface area contributed by atoms with E-state index in [9.17, 15) is 0 Å². The molecule has 0 aromatic carbocycles. The SMILES string of the molecule is CC(C)(C)CCNc1nc(NN)ncc1Br. The quantitative estimate of drug-likeness (QED) is 0.586. The van der Waals surface area contributed by atoms with Crippen molar-refractivity contribution in [3.8, 4) is 0 Å². The lowest BCUT2D eigenvalue weighted by Gasteiger charge is -2.18. The Morgan fingerprint density at radius 2 is 2.12 bits per heavy atom. The standard InChI is InChI=1S/C10H18BrN5/c1-10(2,3)4-5-13-8-7(11)6-14-9(15-8)16-12/h6H,4-5,12H2,1-3H3,(H2,13,14,15,16). The summed E-state index contributed by atoms with van der Waals surface area (Å²) in [4.78, 5) is 8.19. The first-order valence-corrected chi connectivity index (χ1v) is 5.95. The molecule has 0 amide bonds. The molecule has 4 N–H and O–H groups in total. The van der Waals surface area contributed by atoms with Gasteiger partial charge in [0.05, 0.1) is 4.47 Å². The molecule has 0 fully saturated rings. The van der Waals surface area contributed by atoms with Gasteiger partial charge in [-0.25, -0.2) is 10.8 Å². The van der Waals surface area contributed by atoms with Crippen molar-refractivity contribution in [2.45, 2.75) is 27.2 Å². The Kier molecular flexibility index (Phi) is 4.49. The molecule has 0 aliphatic rings. The first-order chi connectivity index (χ1) is 7.42. The van der Waals surface area contributed by atoms with Crippen LogP contribution < -0.4 is 16.6 Å². The Hall–Kier alpha value is -0.880. The smallest absolute Gasteiger partial charge is 0.239 e. The summed E-state index contributed by atoms with van der Waals surface area (Å²) in [5, 5.41) is 3.25. The van der Waals surface area contributed by atoms with Crippen LogP contribution in [0, 0.1) is 5.41 Å². The Morgan fingerprint density at radius 3 is 2.69 bits per heavy atom. The third-order valence-electron chi connectivity index (χ3n) is 2.04. The van der Waals surface area contributed by atoms with E-state index >= 15 is 0 Å². The van der Waals surface area contributed by atoms with Crippen molar-refractivity contribution in [3.63, 3.8) is 0 Å². The summed E-state index contributed by atoms with van der Waals surface area (Å²) >= 11 is 3.38. The average Bonchev–Trinajstić information content (AvgIpc) is 2.19. The first-order valence-electron chi connectivity index (χ1n) is 5.15. The van der Waals surface area contributed by atoms with Gasteiger partial charge in [0.2, 0.25) is 5.95 Å². The van der Waals surface area contributed by atoms with E-state index in [2.05, 4.69) is 57.4 Å². The van der Waals surface area contributed by atoms with Gasteiger partial charge in [0.25, 0.3) is 0 Å². The number of hydrogen-bond acceptors (Lipinski definition) is 5. The minimum Gasteiger partial charge on any atom is -0.369 e. The van der Waals surface area contributed by atoms with E-state index in [4.69, 9.17) is 5.84 Å². The maximum absolute atomic E-state index is 5.25. The number of aromatic nitrogens is 2. The predicted molar refractivity (Wildman–Crippen MR) is 70.1 cm³/mol. The van der Waals surface area contributed by atoms with E-state index in [1.165, 1.54) is 0 Å². The minimum absolute atomic E-state index is 0.307. The van der Waals surface area contributed by atoms with Crippen LogP contribution in [0.1, 0.15) is 27.2 Å². The van der Waals surface area contributed by atoms with Gasteiger partial charge in [-0.05, 0) is 27.8 Å². The van der Waals surface area contributed by atoms with Crippen molar-refractivity contribution in [2.24, 2.45) is 11.3 Å². The monoisotopic (exact) mass is 287 g/mol. The molecular weight excluding hydrogens is 270 g/mol. The molecule has 1 heterocycles. The number of hydrazine groups is 1. The summed E-state index contributed by atoms with van der Waals surface area (Å²) in [6.45, 7) is 7.48. The maximum atomic E-state index is 5.25.